The first kappa shape index (κ1) is 17.5. The summed E-state index contributed by atoms with van der Waals surface area (Å²) in [6, 6.07) is 6.87. The number of rotatable bonds is 9. The van der Waals surface area contributed by atoms with Crippen LogP contribution in [0, 0.1) is 5.92 Å². The Labute approximate surface area is 138 Å². The Bertz CT molecular complexity index is 521. The number of aromatic carboxylic acids is 1. The zero-order valence-corrected chi connectivity index (χ0v) is 13.7. The number of benzene rings is 1. The van der Waals surface area contributed by atoms with E-state index in [1.54, 1.807) is 18.2 Å². The summed E-state index contributed by atoms with van der Waals surface area (Å²) >= 11 is 0. The third-order valence-electron chi connectivity index (χ3n) is 4.71. The summed E-state index contributed by atoms with van der Waals surface area (Å²) in [6.07, 6.45) is 9.87. The quantitative estimate of drug-likeness (QED) is 0.681. The van der Waals surface area contributed by atoms with Gasteiger partial charge in [0.1, 0.15) is 0 Å². The molecule has 1 amide bonds. The topological polar surface area (TPSA) is 66.4 Å². The zero-order valence-electron chi connectivity index (χ0n) is 13.7. The monoisotopic (exact) mass is 317 g/mol. The Kier molecular flexibility index (Phi) is 7.11. The van der Waals surface area contributed by atoms with Gasteiger partial charge in [-0.15, -0.1) is 0 Å². The lowest BCUT2D eigenvalue weighted by molar-refractivity contribution is -0.121. The Morgan fingerprint density at radius 3 is 2.61 bits per heavy atom. The van der Waals surface area contributed by atoms with E-state index in [1.165, 1.54) is 38.5 Å². The van der Waals surface area contributed by atoms with E-state index in [1.807, 2.05) is 6.07 Å². The van der Waals surface area contributed by atoms with Crippen LogP contribution in [-0.2, 0) is 11.2 Å². The van der Waals surface area contributed by atoms with Crippen molar-refractivity contribution >= 4 is 11.9 Å². The van der Waals surface area contributed by atoms with Crippen molar-refractivity contribution in [2.75, 3.05) is 6.54 Å². The van der Waals surface area contributed by atoms with Gasteiger partial charge in [-0.2, -0.15) is 0 Å². The molecule has 1 saturated carbocycles. The van der Waals surface area contributed by atoms with Crippen molar-refractivity contribution < 1.29 is 14.7 Å². The minimum absolute atomic E-state index is 0.00561. The average molecular weight is 317 g/mol. The second-order valence-electron chi connectivity index (χ2n) is 6.46. The van der Waals surface area contributed by atoms with E-state index in [2.05, 4.69) is 5.32 Å². The normalized spacial score (nSPS) is 14.8. The molecule has 0 saturated heterocycles. The van der Waals surface area contributed by atoms with Gasteiger partial charge in [-0.25, -0.2) is 4.79 Å². The standard InChI is InChI=1S/C19H27NO3/c21-18(20-14-6-5-9-15-7-1-2-8-15)13-12-16-10-3-4-11-17(16)19(22)23/h3-4,10-11,15H,1-2,5-9,12-14H2,(H,20,21)(H,22,23). The van der Waals surface area contributed by atoms with Crippen LogP contribution in [0.15, 0.2) is 24.3 Å². The zero-order chi connectivity index (χ0) is 16.5. The van der Waals surface area contributed by atoms with Crippen molar-refractivity contribution in [3.05, 3.63) is 35.4 Å². The van der Waals surface area contributed by atoms with E-state index in [-0.39, 0.29) is 11.5 Å². The Morgan fingerprint density at radius 1 is 1.13 bits per heavy atom. The third kappa shape index (κ3) is 6.05. The van der Waals surface area contributed by atoms with Gasteiger partial charge in [0.2, 0.25) is 5.91 Å². The fraction of sp³-hybridized carbons (Fsp3) is 0.579. The maximum atomic E-state index is 11.9. The molecule has 0 unspecified atom stereocenters. The van der Waals surface area contributed by atoms with E-state index >= 15 is 0 Å². The predicted octanol–water partition coefficient (Wildman–Crippen LogP) is 3.79. The molecule has 2 rings (SSSR count). The molecule has 0 aromatic heterocycles. The lowest BCUT2D eigenvalue weighted by Crippen LogP contribution is -2.24. The molecule has 0 spiro atoms. The highest BCUT2D eigenvalue weighted by Crippen LogP contribution is 2.28. The molecule has 1 aliphatic carbocycles. The van der Waals surface area contributed by atoms with Gasteiger partial charge in [-0.1, -0.05) is 56.7 Å². The summed E-state index contributed by atoms with van der Waals surface area (Å²) in [5.41, 5.74) is 1.01. The number of nitrogens with one attached hydrogen (secondary N) is 1. The van der Waals surface area contributed by atoms with Crippen LogP contribution in [0.4, 0.5) is 0 Å². The first-order chi connectivity index (χ1) is 11.2. The van der Waals surface area contributed by atoms with E-state index < -0.39 is 5.97 Å². The molecule has 0 atom stereocenters. The number of carboxylic acids is 1. The molecule has 126 valence electrons. The van der Waals surface area contributed by atoms with Crippen LogP contribution in [0.2, 0.25) is 0 Å². The Morgan fingerprint density at radius 2 is 1.87 bits per heavy atom. The van der Waals surface area contributed by atoms with Crippen LogP contribution >= 0.6 is 0 Å². The predicted molar refractivity (Wildman–Crippen MR) is 90.5 cm³/mol. The second kappa shape index (κ2) is 9.33. The van der Waals surface area contributed by atoms with E-state index in [0.717, 1.165) is 24.4 Å². The minimum Gasteiger partial charge on any atom is -0.478 e. The number of aryl methyl sites for hydroxylation is 1. The number of carbonyl (C=O) groups is 2. The second-order valence-corrected chi connectivity index (χ2v) is 6.46. The van der Waals surface area contributed by atoms with Crippen molar-refractivity contribution in [3.8, 4) is 0 Å². The van der Waals surface area contributed by atoms with Crippen molar-refractivity contribution in [1.29, 1.82) is 0 Å². The molecular weight excluding hydrogens is 290 g/mol. The molecule has 0 heterocycles. The first-order valence-corrected chi connectivity index (χ1v) is 8.74. The molecule has 2 N–H and O–H groups in total. The van der Waals surface area contributed by atoms with E-state index in [4.69, 9.17) is 5.11 Å². The molecular formula is C19H27NO3. The van der Waals surface area contributed by atoms with Gasteiger partial charge in [0, 0.05) is 13.0 Å². The van der Waals surface area contributed by atoms with Crippen LogP contribution in [0.1, 0.15) is 67.3 Å². The van der Waals surface area contributed by atoms with E-state index in [9.17, 15) is 9.59 Å². The summed E-state index contributed by atoms with van der Waals surface area (Å²) in [4.78, 5) is 23.0. The summed E-state index contributed by atoms with van der Waals surface area (Å²) < 4.78 is 0. The minimum atomic E-state index is -0.937. The van der Waals surface area contributed by atoms with Crippen LogP contribution in [0.25, 0.3) is 0 Å². The Hall–Kier alpha value is -1.84. The third-order valence-corrected chi connectivity index (χ3v) is 4.71. The van der Waals surface area contributed by atoms with Crippen LogP contribution in [0.5, 0.6) is 0 Å². The van der Waals surface area contributed by atoms with Gasteiger partial charge in [0.15, 0.2) is 0 Å². The smallest absolute Gasteiger partial charge is 0.335 e. The van der Waals surface area contributed by atoms with Crippen LogP contribution < -0.4 is 5.32 Å². The van der Waals surface area contributed by atoms with Gasteiger partial charge in [-0.05, 0) is 30.4 Å². The number of hydrogen-bond donors (Lipinski definition) is 2. The largest absolute Gasteiger partial charge is 0.478 e. The molecule has 1 fully saturated rings. The molecule has 1 aromatic carbocycles. The molecule has 0 radical (unpaired) electrons. The maximum absolute atomic E-state index is 11.9. The van der Waals surface area contributed by atoms with Crippen molar-refractivity contribution in [3.63, 3.8) is 0 Å². The molecule has 23 heavy (non-hydrogen) atoms. The average Bonchev–Trinajstić information content (AvgIpc) is 3.06. The summed E-state index contributed by atoms with van der Waals surface area (Å²) in [5, 5.41) is 12.1. The molecule has 4 nitrogen and oxygen atoms in total. The lowest BCUT2D eigenvalue weighted by atomic mass is 10.0. The summed E-state index contributed by atoms with van der Waals surface area (Å²) in [5.74, 6) is -0.0165. The van der Waals surface area contributed by atoms with Crippen LogP contribution in [0.3, 0.4) is 0 Å². The molecule has 0 aliphatic heterocycles. The number of unbranched alkanes of at least 4 members (excludes halogenated alkanes) is 1. The fourth-order valence-electron chi connectivity index (χ4n) is 3.37. The van der Waals surface area contributed by atoms with Crippen molar-refractivity contribution in [2.45, 2.75) is 57.8 Å². The van der Waals surface area contributed by atoms with Crippen LogP contribution in [-0.4, -0.2) is 23.5 Å². The maximum Gasteiger partial charge on any atom is 0.335 e. The number of carboxylic acid groups (broad SMARTS) is 1. The molecule has 0 bridgehead atoms. The first-order valence-electron chi connectivity index (χ1n) is 8.74. The van der Waals surface area contributed by atoms with Crippen molar-refractivity contribution in [1.82, 2.24) is 5.32 Å². The summed E-state index contributed by atoms with van der Waals surface area (Å²) in [6.45, 7) is 0.728. The molecule has 1 aliphatic rings. The Balaban J connectivity index is 1.60. The fourth-order valence-corrected chi connectivity index (χ4v) is 3.37. The summed E-state index contributed by atoms with van der Waals surface area (Å²) in [7, 11) is 0. The van der Waals surface area contributed by atoms with Gasteiger partial charge < -0.3 is 10.4 Å². The number of hydrogen-bond acceptors (Lipinski definition) is 2. The highest BCUT2D eigenvalue weighted by molar-refractivity contribution is 5.89. The lowest BCUT2D eigenvalue weighted by Gasteiger charge is -2.09. The van der Waals surface area contributed by atoms with Gasteiger partial charge in [0.05, 0.1) is 5.56 Å². The highest BCUT2D eigenvalue weighted by Gasteiger charge is 2.14. The van der Waals surface area contributed by atoms with E-state index in [0.29, 0.717) is 12.8 Å². The molecule has 4 heteroatoms. The van der Waals surface area contributed by atoms with Gasteiger partial charge in [0.25, 0.3) is 0 Å². The molecule has 1 aromatic rings. The van der Waals surface area contributed by atoms with Gasteiger partial charge in [-0.3, -0.25) is 4.79 Å². The van der Waals surface area contributed by atoms with Gasteiger partial charge >= 0.3 is 5.97 Å². The highest BCUT2D eigenvalue weighted by atomic mass is 16.4. The SMILES string of the molecule is O=C(CCc1ccccc1C(=O)O)NCCCCC1CCCC1. The number of carbonyl (C=O) groups excluding carboxylic acids is 1. The number of amides is 1. The van der Waals surface area contributed by atoms with Crippen molar-refractivity contribution in [2.24, 2.45) is 5.92 Å².